The van der Waals surface area contributed by atoms with Crippen molar-refractivity contribution in [2.24, 2.45) is 0 Å². The van der Waals surface area contributed by atoms with Gasteiger partial charge in [0.1, 0.15) is 5.82 Å². The molecule has 19 heavy (non-hydrogen) atoms. The molecule has 0 saturated carbocycles. The van der Waals surface area contributed by atoms with E-state index in [9.17, 15) is 9.18 Å². The minimum Gasteiger partial charge on any atom is -0.352 e. The third kappa shape index (κ3) is 4.44. The van der Waals surface area contributed by atoms with Crippen molar-refractivity contribution in [2.75, 3.05) is 19.6 Å². The lowest BCUT2D eigenvalue weighted by Gasteiger charge is -2.14. The Kier molecular flexibility index (Phi) is 5.10. The Balaban J connectivity index is 1.85. The normalized spacial score (nSPS) is 14.9. The number of carbonyl (C=O) groups is 1. The standard InChI is InChI=1S/C14H16BrFN2O/c15-12-7-11(8-13(16)9-12)14(19)18-6-3-10-1-4-17-5-2-10/h1,7-9,17H,2-6H2,(H,18,19). The zero-order chi connectivity index (χ0) is 13.7. The molecule has 0 saturated heterocycles. The van der Waals surface area contributed by atoms with Crippen LogP contribution in [0.3, 0.4) is 0 Å². The Morgan fingerprint density at radius 3 is 2.95 bits per heavy atom. The maximum absolute atomic E-state index is 13.2. The molecule has 3 nitrogen and oxygen atoms in total. The van der Waals surface area contributed by atoms with Crippen LogP contribution in [-0.2, 0) is 0 Å². The molecule has 0 radical (unpaired) electrons. The molecule has 0 atom stereocenters. The topological polar surface area (TPSA) is 41.1 Å². The number of hydrogen-bond acceptors (Lipinski definition) is 2. The number of halogens is 2. The van der Waals surface area contributed by atoms with E-state index in [0.717, 1.165) is 25.9 Å². The largest absolute Gasteiger partial charge is 0.352 e. The second kappa shape index (κ2) is 6.82. The molecule has 102 valence electrons. The molecule has 0 aromatic heterocycles. The first-order valence-electron chi connectivity index (χ1n) is 6.28. The summed E-state index contributed by atoms with van der Waals surface area (Å²) in [5.41, 5.74) is 1.70. The molecule has 1 aliphatic rings. The predicted octanol–water partition coefficient (Wildman–Crippen LogP) is 2.63. The third-order valence-corrected chi connectivity index (χ3v) is 3.47. The van der Waals surface area contributed by atoms with Crippen molar-refractivity contribution < 1.29 is 9.18 Å². The lowest BCUT2D eigenvalue weighted by Crippen LogP contribution is -2.26. The Hall–Kier alpha value is -1.20. The lowest BCUT2D eigenvalue weighted by molar-refractivity contribution is 0.0953. The van der Waals surface area contributed by atoms with E-state index in [2.05, 4.69) is 32.6 Å². The van der Waals surface area contributed by atoms with E-state index in [1.54, 1.807) is 6.07 Å². The van der Waals surface area contributed by atoms with Crippen molar-refractivity contribution in [2.45, 2.75) is 12.8 Å². The van der Waals surface area contributed by atoms with Crippen LogP contribution >= 0.6 is 15.9 Å². The van der Waals surface area contributed by atoms with Gasteiger partial charge < -0.3 is 10.6 Å². The van der Waals surface area contributed by atoms with Crippen LogP contribution in [0, 0.1) is 5.82 Å². The number of nitrogens with one attached hydrogen (secondary N) is 2. The Morgan fingerprint density at radius 2 is 2.26 bits per heavy atom. The van der Waals surface area contributed by atoms with Crippen LogP contribution in [0.5, 0.6) is 0 Å². The fourth-order valence-corrected chi connectivity index (χ4v) is 2.49. The molecule has 1 aromatic carbocycles. The zero-order valence-corrected chi connectivity index (χ0v) is 12.1. The van der Waals surface area contributed by atoms with Gasteiger partial charge in [0, 0.05) is 23.1 Å². The van der Waals surface area contributed by atoms with Gasteiger partial charge in [-0.1, -0.05) is 27.6 Å². The number of amides is 1. The average molecular weight is 327 g/mol. The van der Waals surface area contributed by atoms with Crippen LogP contribution in [0.2, 0.25) is 0 Å². The second-order valence-corrected chi connectivity index (χ2v) is 5.40. The fourth-order valence-electron chi connectivity index (χ4n) is 2.02. The average Bonchev–Trinajstić information content (AvgIpc) is 2.38. The Labute approximate surface area is 120 Å². The van der Waals surface area contributed by atoms with Gasteiger partial charge in [-0.25, -0.2) is 4.39 Å². The van der Waals surface area contributed by atoms with E-state index in [1.165, 1.54) is 17.7 Å². The predicted molar refractivity (Wildman–Crippen MR) is 76.6 cm³/mol. The third-order valence-electron chi connectivity index (χ3n) is 3.01. The van der Waals surface area contributed by atoms with Crippen LogP contribution in [0.15, 0.2) is 34.3 Å². The number of hydrogen-bond donors (Lipinski definition) is 2. The summed E-state index contributed by atoms with van der Waals surface area (Å²) in [6.07, 6.45) is 4.04. The van der Waals surface area contributed by atoms with Crippen molar-refractivity contribution in [3.8, 4) is 0 Å². The SMILES string of the molecule is O=C(NCCC1=CCNCC1)c1cc(F)cc(Br)c1. The Bertz CT molecular complexity index is 482. The molecule has 1 heterocycles. The van der Waals surface area contributed by atoms with Gasteiger partial charge in [-0.05, 0) is 37.6 Å². The van der Waals surface area contributed by atoms with Crippen LogP contribution in [0.4, 0.5) is 4.39 Å². The van der Waals surface area contributed by atoms with E-state index >= 15 is 0 Å². The van der Waals surface area contributed by atoms with Crippen LogP contribution in [0.1, 0.15) is 23.2 Å². The quantitative estimate of drug-likeness (QED) is 0.835. The smallest absolute Gasteiger partial charge is 0.251 e. The summed E-state index contributed by atoms with van der Waals surface area (Å²) in [5.74, 6) is -0.657. The summed E-state index contributed by atoms with van der Waals surface area (Å²) in [6.45, 7) is 2.48. The molecule has 2 N–H and O–H groups in total. The van der Waals surface area contributed by atoms with E-state index in [1.807, 2.05) is 0 Å². The van der Waals surface area contributed by atoms with E-state index in [0.29, 0.717) is 16.6 Å². The summed E-state index contributed by atoms with van der Waals surface area (Å²) in [4.78, 5) is 11.9. The summed E-state index contributed by atoms with van der Waals surface area (Å²) < 4.78 is 13.7. The highest BCUT2D eigenvalue weighted by Crippen LogP contribution is 2.15. The van der Waals surface area contributed by atoms with E-state index in [4.69, 9.17) is 0 Å². The van der Waals surface area contributed by atoms with E-state index < -0.39 is 5.82 Å². The van der Waals surface area contributed by atoms with E-state index in [-0.39, 0.29) is 5.91 Å². The minimum absolute atomic E-state index is 0.241. The first-order valence-corrected chi connectivity index (χ1v) is 7.07. The second-order valence-electron chi connectivity index (χ2n) is 4.48. The van der Waals surface area contributed by atoms with Crippen molar-refractivity contribution in [3.05, 3.63) is 45.7 Å². The summed E-state index contributed by atoms with van der Waals surface area (Å²) in [6, 6.07) is 4.18. The van der Waals surface area contributed by atoms with Crippen molar-refractivity contribution >= 4 is 21.8 Å². The van der Waals surface area contributed by atoms with Crippen molar-refractivity contribution in [1.29, 1.82) is 0 Å². The van der Waals surface area contributed by atoms with Gasteiger partial charge in [0.15, 0.2) is 0 Å². The molecule has 2 rings (SSSR count). The maximum atomic E-state index is 13.2. The molecule has 0 aliphatic carbocycles. The Morgan fingerprint density at radius 1 is 1.42 bits per heavy atom. The number of benzene rings is 1. The molecule has 1 aliphatic heterocycles. The molecule has 1 amide bonds. The fraction of sp³-hybridized carbons (Fsp3) is 0.357. The molecule has 0 spiro atoms. The molecule has 0 fully saturated rings. The minimum atomic E-state index is -0.416. The molecule has 1 aromatic rings. The first kappa shape index (κ1) is 14.2. The summed E-state index contributed by atoms with van der Waals surface area (Å²) in [5, 5.41) is 6.05. The van der Waals surface area contributed by atoms with Gasteiger partial charge in [-0.2, -0.15) is 0 Å². The maximum Gasteiger partial charge on any atom is 0.251 e. The summed E-state index contributed by atoms with van der Waals surface area (Å²) >= 11 is 3.18. The molecule has 0 unspecified atom stereocenters. The first-order chi connectivity index (χ1) is 9.15. The number of rotatable bonds is 4. The van der Waals surface area contributed by atoms with Gasteiger partial charge >= 0.3 is 0 Å². The zero-order valence-electron chi connectivity index (χ0n) is 10.5. The highest BCUT2D eigenvalue weighted by atomic mass is 79.9. The molecule has 0 bridgehead atoms. The van der Waals surface area contributed by atoms with Gasteiger partial charge in [0.05, 0.1) is 0 Å². The van der Waals surface area contributed by atoms with Gasteiger partial charge in [0.2, 0.25) is 0 Å². The summed E-state index contributed by atoms with van der Waals surface area (Å²) in [7, 11) is 0. The van der Waals surface area contributed by atoms with Crippen molar-refractivity contribution in [3.63, 3.8) is 0 Å². The lowest BCUT2D eigenvalue weighted by atomic mass is 10.1. The highest BCUT2D eigenvalue weighted by Gasteiger charge is 2.08. The van der Waals surface area contributed by atoms with Crippen LogP contribution < -0.4 is 10.6 Å². The van der Waals surface area contributed by atoms with Gasteiger partial charge in [-0.3, -0.25) is 4.79 Å². The monoisotopic (exact) mass is 326 g/mol. The van der Waals surface area contributed by atoms with Gasteiger partial charge in [-0.15, -0.1) is 0 Å². The van der Waals surface area contributed by atoms with Crippen LogP contribution in [0.25, 0.3) is 0 Å². The highest BCUT2D eigenvalue weighted by molar-refractivity contribution is 9.10. The molecular weight excluding hydrogens is 311 g/mol. The molecule has 5 heteroatoms. The number of carbonyl (C=O) groups excluding carboxylic acids is 1. The molecular formula is C14H16BrFN2O. The van der Waals surface area contributed by atoms with Crippen molar-refractivity contribution in [1.82, 2.24) is 10.6 Å². The van der Waals surface area contributed by atoms with Crippen LogP contribution in [-0.4, -0.2) is 25.5 Å². The van der Waals surface area contributed by atoms with Gasteiger partial charge in [0.25, 0.3) is 5.91 Å².